The Kier molecular flexibility index (Phi) is 7.66. The minimum absolute atomic E-state index is 0.139. The molecule has 2 aromatic rings. The second-order valence-electron chi connectivity index (χ2n) is 5.54. The van der Waals surface area contributed by atoms with Crippen molar-refractivity contribution in [3.05, 3.63) is 65.2 Å². The van der Waals surface area contributed by atoms with Crippen LogP contribution in [0, 0.1) is 11.3 Å². The average molecular weight is 371 g/mol. The Balaban J connectivity index is 1.87. The number of ether oxygens (including phenoxy) is 1. The molecule has 26 heavy (non-hydrogen) atoms. The third kappa shape index (κ3) is 5.91. The van der Waals surface area contributed by atoms with E-state index in [4.69, 9.17) is 21.6 Å². The number of anilines is 1. The minimum Gasteiger partial charge on any atom is -0.456 e. The van der Waals surface area contributed by atoms with E-state index in [0.717, 1.165) is 5.56 Å². The molecule has 0 aliphatic carbocycles. The first-order valence-corrected chi connectivity index (χ1v) is 8.61. The maximum atomic E-state index is 12.4. The van der Waals surface area contributed by atoms with Crippen LogP contribution in [0.4, 0.5) is 5.69 Å². The van der Waals surface area contributed by atoms with Crippen molar-refractivity contribution in [3.63, 3.8) is 0 Å². The molecule has 0 aromatic heterocycles. The van der Waals surface area contributed by atoms with Crippen LogP contribution < -0.4 is 4.90 Å². The van der Waals surface area contributed by atoms with Crippen molar-refractivity contribution in [1.82, 2.24) is 0 Å². The summed E-state index contributed by atoms with van der Waals surface area (Å²) >= 11 is 6.05. The molecule has 2 rings (SSSR count). The minimum atomic E-state index is -0.466. The van der Waals surface area contributed by atoms with E-state index in [9.17, 15) is 9.59 Å². The summed E-state index contributed by atoms with van der Waals surface area (Å²) < 4.78 is 5.09. The van der Waals surface area contributed by atoms with Crippen molar-refractivity contribution in [1.29, 1.82) is 5.26 Å². The van der Waals surface area contributed by atoms with Gasteiger partial charge in [-0.15, -0.1) is 0 Å². The van der Waals surface area contributed by atoms with Crippen LogP contribution in [0.15, 0.2) is 54.6 Å². The zero-order valence-corrected chi connectivity index (χ0v) is 15.0. The topological polar surface area (TPSA) is 70.4 Å². The van der Waals surface area contributed by atoms with Crippen LogP contribution in [0.25, 0.3) is 0 Å². The Morgan fingerprint density at radius 1 is 1.08 bits per heavy atom. The van der Waals surface area contributed by atoms with Crippen LogP contribution in [0.2, 0.25) is 5.02 Å². The zero-order chi connectivity index (χ0) is 18.8. The van der Waals surface area contributed by atoms with E-state index in [0.29, 0.717) is 17.1 Å². The normalized spacial score (nSPS) is 10.0. The smallest absolute Gasteiger partial charge is 0.306 e. The molecule has 5 nitrogen and oxygen atoms in total. The number of nitrogens with zero attached hydrogens (tertiary/aromatic N) is 2. The van der Waals surface area contributed by atoms with Gasteiger partial charge >= 0.3 is 5.97 Å². The number of halogens is 1. The van der Waals surface area contributed by atoms with Crippen molar-refractivity contribution in [2.45, 2.75) is 19.3 Å². The number of rotatable bonds is 8. The Morgan fingerprint density at radius 2 is 1.77 bits per heavy atom. The fourth-order valence-electron chi connectivity index (χ4n) is 2.40. The van der Waals surface area contributed by atoms with Gasteiger partial charge in [0.05, 0.1) is 12.5 Å². The van der Waals surface area contributed by atoms with Gasteiger partial charge in [0.1, 0.15) is 0 Å². The van der Waals surface area contributed by atoms with E-state index in [2.05, 4.69) is 0 Å². The van der Waals surface area contributed by atoms with Crippen LogP contribution in [0.5, 0.6) is 0 Å². The van der Waals surface area contributed by atoms with Gasteiger partial charge in [-0.3, -0.25) is 9.59 Å². The second-order valence-corrected chi connectivity index (χ2v) is 5.95. The lowest BCUT2D eigenvalue weighted by Gasteiger charge is -2.21. The summed E-state index contributed by atoms with van der Waals surface area (Å²) in [5.41, 5.74) is 1.53. The Morgan fingerprint density at radius 3 is 2.46 bits per heavy atom. The Hall–Kier alpha value is -2.84. The first-order valence-electron chi connectivity index (χ1n) is 8.23. The number of amides is 1. The summed E-state index contributed by atoms with van der Waals surface area (Å²) in [5.74, 6) is -0.830. The first kappa shape index (κ1) is 19.5. The van der Waals surface area contributed by atoms with E-state index in [-0.39, 0.29) is 31.9 Å². The van der Waals surface area contributed by atoms with E-state index in [1.165, 1.54) is 4.90 Å². The molecule has 0 N–H and O–H groups in total. The SMILES string of the molecule is N#CCCN(C(=O)COC(=O)CCc1ccccc1Cl)c1ccccc1. The van der Waals surface area contributed by atoms with Crippen molar-refractivity contribution in [3.8, 4) is 6.07 Å². The first-order chi connectivity index (χ1) is 12.6. The Labute approximate surface area is 157 Å². The summed E-state index contributed by atoms with van der Waals surface area (Å²) in [7, 11) is 0. The van der Waals surface area contributed by atoms with Gasteiger partial charge in [0.25, 0.3) is 5.91 Å². The largest absolute Gasteiger partial charge is 0.456 e. The number of para-hydroxylation sites is 1. The number of benzene rings is 2. The molecule has 0 heterocycles. The number of carbonyl (C=O) groups excluding carboxylic acids is 2. The van der Waals surface area contributed by atoms with Gasteiger partial charge in [-0.2, -0.15) is 5.26 Å². The molecule has 0 bridgehead atoms. The highest BCUT2D eigenvalue weighted by molar-refractivity contribution is 6.31. The predicted octanol–water partition coefficient (Wildman–Crippen LogP) is 3.76. The maximum Gasteiger partial charge on any atom is 0.306 e. The molecule has 0 aliphatic heterocycles. The van der Waals surface area contributed by atoms with Gasteiger partial charge in [0.15, 0.2) is 6.61 Å². The highest BCUT2D eigenvalue weighted by atomic mass is 35.5. The highest BCUT2D eigenvalue weighted by Gasteiger charge is 2.17. The van der Waals surface area contributed by atoms with Gasteiger partial charge in [0.2, 0.25) is 0 Å². The number of hydrogen-bond acceptors (Lipinski definition) is 4. The molecular formula is C20H19ClN2O3. The molecule has 0 saturated carbocycles. The summed E-state index contributed by atoms with van der Waals surface area (Å²) in [6.45, 7) is -0.113. The van der Waals surface area contributed by atoms with Gasteiger partial charge < -0.3 is 9.64 Å². The summed E-state index contributed by atoms with van der Waals surface area (Å²) in [5, 5.41) is 9.38. The third-order valence-corrected chi connectivity index (χ3v) is 4.10. The van der Waals surface area contributed by atoms with Crippen LogP contribution in [0.1, 0.15) is 18.4 Å². The Bertz CT molecular complexity index is 787. The maximum absolute atomic E-state index is 12.4. The van der Waals surface area contributed by atoms with E-state index < -0.39 is 5.97 Å². The number of nitriles is 1. The fraction of sp³-hybridized carbons (Fsp3) is 0.250. The standard InChI is InChI=1S/C20H19ClN2O3/c21-18-10-5-4-7-16(18)11-12-20(25)26-15-19(24)23(14-6-13-22)17-8-2-1-3-9-17/h1-5,7-10H,6,11-12,14-15H2. The lowest BCUT2D eigenvalue weighted by atomic mass is 10.1. The van der Waals surface area contributed by atoms with Gasteiger partial charge in [0, 0.05) is 23.7 Å². The lowest BCUT2D eigenvalue weighted by Crippen LogP contribution is -2.35. The summed E-state index contributed by atoms with van der Waals surface area (Å²) in [6.07, 6.45) is 0.783. The van der Waals surface area contributed by atoms with Crippen LogP contribution in [0.3, 0.4) is 0 Å². The van der Waals surface area contributed by atoms with Crippen molar-refractivity contribution in [2.75, 3.05) is 18.1 Å². The number of carbonyl (C=O) groups is 2. The van der Waals surface area contributed by atoms with E-state index in [1.54, 1.807) is 30.3 Å². The van der Waals surface area contributed by atoms with Gasteiger partial charge in [-0.25, -0.2) is 0 Å². The fourth-order valence-corrected chi connectivity index (χ4v) is 2.63. The molecule has 0 radical (unpaired) electrons. The number of hydrogen-bond donors (Lipinski definition) is 0. The predicted molar refractivity (Wildman–Crippen MR) is 99.8 cm³/mol. The zero-order valence-electron chi connectivity index (χ0n) is 14.2. The number of aryl methyl sites for hydroxylation is 1. The molecule has 0 fully saturated rings. The molecule has 6 heteroatoms. The summed E-state index contributed by atoms with van der Waals surface area (Å²) in [6, 6.07) is 18.3. The van der Waals surface area contributed by atoms with E-state index in [1.807, 2.05) is 30.3 Å². The quantitative estimate of drug-likeness (QED) is 0.663. The highest BCUT2D eigenvalue weighted by Crippen LogP contribution is 2.17. The molecule has 0 unspecified atom stereocenters. The summed E-state index contributed by atoms with van der Waals surface area (Å²) in [4.78, 5) is 25.8. The molecule has 0 aliphatic rings. The van der Waals surface area contributed by atoms with Crippen LogP contribution in [-0.2, 0) is 20.7 Å². The second kappa shape index (κ2) is 10.2. The molecule has 0 saturated heterocycles. The van der Waals surface area contributed by atoms with E-state index >= 15 is 0 Å². The molecular weight excluding hydrogens is 352 g/mol. The number of esters is 1. The molecule has 134 valence electrons. The van der Waals surface area contributed by atoms with Crippen molar-refractivity contribution in [2.24, 2.45) is 0 Å². The van der Waals surface area contributed by atoms with Gasteiger partial charge in [-0.1, -0.05) is 48.0 Å². The molecule has 2 aromatic carbocycles. The molecule has 0 spiro atoms. The monoisotopic (exact) mass is 370 g/mol. The molecule has 0 atom stereocenters. The molecule has 1 amide bonds. The lowest BCUT2D eigenvalue weighted by molar-refractivity contribution is -0.147. The average Bonchev–Trinajstić information content (AvgIpc) is 2.67. The van der Waals surface area contributed by atoms with Gasteiger partial charge in [-0.05, 0) is 30.2 Å². The van der Waals surface area contributed by atoms with Crippen LogP contribution in [-0.4, -0.2) is 25.0 Å². The van der Waals surface area contributed by atoms with Crippen LogP contribution >= 0.6 is 11.6 Å². The third-order valence-electron chi connectivity index (χ3n) is 3.73. The van der Waals surface area contributed by atoms with Crippen molar-refractivity contribution < 1.29 is 14.3 Å². The van der Waals surface area contributed by atoms with Crippen molar-refractivity contribution >= 4 is 29.2 Å².